The molecular weight excluding hydrogens is 524 g/mol. The Balaban J connectivity index is 1.65. The smallest absolute Gasteiger partial charge is 0.276 e. The predicted molar refractivity (Wildman–Crippen MR) is 131 cm³/mol. The minimum Gasteiger partial charge on any atom is -0.508 e. The molecule has 0 saturated heterocycles. The third-order valence-electron chi connectivity index (χ3n) is 4.66. The Morgan fingerprint density at radius 2 is 1.85 bits per heavy atom. The number of sulfone groups is 1. The molecule has 0 bridgehead atoms. The number of halogens is 1. The van der Waals surface area contributed by atoms with E-state index in [9.17, 15) is 18.3 Å². The first kappa shape index (κ1) is 25.1. The number of carbonyl (C=O) groups excluding carboxylic acids is 1. The van der Waals surface area contributed by atoms with Crippen LogP contribution in [0.25, 0.3) is 0 Å². The number of rotatable bonds is 7. The topological polar surface area (TPSA) is 125 Å². The molecular formula is C24H21BrN2O6S. The summed E-state index contributed by atoms with van der Waals surface area (Å²) in [6.07, 6.45) is 0. The maximum atomic E-state index is 12.8. The van der Waals surface area contributed by atoms with E-state index in [0.717, 1.165) is 0 Å². The standard InChI is InChI=1S/C24H21BrN2O6S/c1-16-12-18(25)14-22(24(29)27-30)23(16)26-15-34(31,32)21-9-7-20(8-10-21)33-11-3-5-17-4-2-6-19(28)13-17/h2,4,6-10,12-14,26,28,30H,11,15H2,1H3,(H,27,29). The highest BCUT2D eigenvalue weighted by Gasteiger charge is 2.19. The average Bonchev–Trinajstić information content (AvgIpc) is 2.80. The lowest BCUT2D eigenvalue weighted by atomic mass is 10.1. The molecule has 0 saturated carbocycles. The fraction of sp³-hybridized carbons (Fsp3) is 0.125. The van der Waals surface area contributed by atoms with E-state index in [1.54, 1.807) is 36.7 Å². The van der Waals surface area contributed by atoms with Gasteiger partial charge in [-0.2, -0.15) is 0 Å². The van der Waals surface area contributed by atoms with Crippen LogP contribution in [0.15, 0.2) is 70.0 Å². The Labute approximate surface area is 205 Å². The second-order valence-corrected chi connectivity index (χ2v) is 10.0. The van der Waals surface area contributed by atoms with Crippen LogP contribution in [0.5, 0.6) is 11.5 Å². The number of ether oxygens (including phenoxy) is 1. The molecule has 10 heteroatoms. The maximum Gasteiger partial charge on any atom is 0.276 e. The molecule has 8 nitrogen and oxygen atoms in total. The molecule has 0 atom stereocenters. The monoisotopic (exact) mass is 544 g/mol. The zero-order valence-electron chi connectivity index (χ0n) is 18.0. The third kappa shape index (κ3) is 6.51. The number of aromatic hydroxyl groups is 1. The van der Waals surface area contributed by atoms with Gasteiger partial charge in [-0.15, -0.1) is 0 Å². The first-order valence-electron chi connectivity index (χ1n) is 9.91. The summed E-state index contributed by atoms with van der Waals surface area (Å²) in [6, 6.07) is 15.6. The highest BCUT2D eigenvalue weighted by molar-refractivity contribution is 9.10. The molecule has 0 aromatic heterocycles. The van der Waals surface area contributed by atoms with Gasteiger partial charge < -0.3 is 15.2 Å². The number of amides is 1. The summed E-state index contributed by atoms with van der Waals surface area (Å²) in [7, 11) is -3.74. The van der Waals surface area contributed by atoms with E-state index >= 15 is 0 Å². The van der Waals surface area contributed by atoms with Crippen molar-refractivity contribution in [2.45, 2.75) is 11.8 Å². The molecule has 3 aromatic rings. The number of phenols is 1. The van der Waals surface area contributed by atoms with Crippen molar-refractivity contribution in [1.29, 1.82) is 0 Å². The summed E-state index contributed by atoms with van der Waals surface area (Å²) in [6.45, 7) is 1.80. The molecule has 0 heterocycles. The normalized spacial score (nSPS) is 10.7. The van der Waals surface area contributed by atoms with Gasteiger partial charge >= 0.3 is 0 Å². The number of anilines is 1. The second kappa shape index (κ2) is 11.1. The van der Waals surface area contributed by atoms with Gasteiger partial charge in [-0.25, -0.2) is 13.9 Å². The van der Waals surface area contributed by atoms with E-state index in [1.165, 1.54) is 36.4 Å². The van der Waals surface area contributed by atoms with Gasteiger partial charge in [0.1, 0.15) is 24.0 Å². The number of aryl methyl sites for hydroxylation is 1. The van der Waals surface area contributed by atoms with Crippen molar-refractivity contribution in [3.63, 3.8) is 0 Å². The number of hydrogen-bond acceptors (Lipinski definition) is 7. The van der Waals surface area contributed by atoms with E-state index in [0.29, 0.717) is 27.0 Å². The Morgan fingerprint density at radius 3 is 2.53 bits per heavy atom. The molecule has 0 aliphatic rings. The molecule has 0 spiro atoms. The Morgan fingerprint density at radius 1 is 1.12 bits per heavy atom. The van der Waals surface area contributed by atoms with E-state index < -0.39 is 21.6 Å². The van der Waals surface area contributed by atoms with Crippen molar-refractivity contribution in [2.75, 3.05) is 17.8 Å². The van der Waals surface area contributed by atoms with E-state index in [2.05, 4.69) is 33.1 Å². The third-order valence-corrected chi connectivity index (χ3v) is 6.63. The van der Waals surface area contributed by atoms with Crippen molar-refractivity contribution >= 4 is 37.4 Å². The van der Waals surface area contributed by atoms with Gasteiger partial charge in [0.25, 0.3) is 5.91 Å². The lowest BCUT2D eigenvalue weighted by Crippen LogP contribution is -2.23. The van der Waals surface area contributed by atoms with Gasteiger partial charge in [-0.1, -0.05) is 33.8 Å². The number of phenolic OH excluding ortho intramolecular Hbond substituents is 1. The van der Waals surface area contributed by atoms with Crippen molar-refractivity contribution in [3.8, 4) is 23.3 Å². The van der Waals surface area contributed by atoms with Crippen LogP contribution < -0.4 is 15.5 Å². The summed E-state index contributed by atoms with van der Waals surface area (Å²) in [4.78, 5) is 12.0. The van der Waals surface area contributed by atoms with Gasteiger partial charge in [0.15, 0.2) is 9.84 Å². The first-order chi connectivity index (χ1) is 16.2. The number of hydroxylamine groups is 1. The molecule has 34 heavy (non-hydrogen) atoms. The summed E-state index contributed by atoms with van der Waals surface area (Å²) < 4.78 is 31.7. The second-order valence-electron chi connectivity index (χ2n) is 7.13. The molecule has 3 rings (SSSR count). The van der Waals surface area contributed by atoms with Crippen LogP contribution in [0.3, 0.4) is 0 Å². The number of carbonyl (C=O) groups is 1. The molecule has 0 radical (unpaired) electrons. The first-order valence-corrected chi connectivity index (χ1v) is 12.4. The van der Waals surface area contributed by atoms with Crippen LogP contribution in [-0.4, -0.2) is 37.1 Å². The zero-order valence-corrected chi connectivity index (χ0v) is 20.4. The number of benzene rings is 3. The van der Waals surface area contributed by atoms with Crippen molar-refractivity contribution in [1.82, 2.24) is 5.48 Å². The molecule has 4 N–H and O–H groups in total. The zero-order chi connectivity index (χ0) is 24.7. The summed E-state index contributed by atoms with van der Waals surface area (Å²) in [5, 5.41) is 21.2. The molecule has 1 amide bonds. The maximum absolute atomic E-state index is 12.8. The van der Waals surface area contributed by atoms with Gasteiger partial charge in [0, 0.05) is 10.0 Å². The van der Waals surface area contributed by atoms with Crippen LogP contribution in [0, 0.1) is 18.8 Å². The Kier molecular flexibility index (Phi) is 8.17. The highest BCUT2D eigenvalue weighted by Crippen LogP contribution is 2.27. The molecule has 0 aliphatic heterocycles. The Bertz CT molecular complexity index is 1360. The molecule has 0 unspecified atom stereocenters. The molecule has 0 fully saturated rings. The lowest BCUT2D eigenvalue weighted by Gasteiger charge is -2.15. The molecule has 0 aliphatic carbocycles. The minimum atomic E-state index is -3.74. The van der Waals surface area contributed by atoms with Gasteiger partial charge in [-0.3, -0.25) is 10.0 Å². The summed E-state index contributed by atoms with van der Waals surface area (Å²) in [5.41, 5.74) is 3.23. The number of nitrogens with one attached hydrogen (secondary N) is 2. The van der Waals surface area contributed by atoms with Gasteiger partial charge in [0.2, 0.25) is 0 Å². The van der Waals surface area contributed by atoms with Crippen molar-refractivity contribution in [2.24, 2.45) is 0 Å². The van der Waals surface area contributed by atoms with Crippen LogP contribution >= 0.6 is 15.9 Å². The van der Waals surface area contributed by atoms with E-state index in [-0.39, 0.29) is 22.8 Å². The van der Waals surface area contributed by atoms with Crippen LogP contribution in [-0.2, 0) is 9.84 Å². The van der Waals surface area contributed by atoms with E-state index in [1.807, 2.05) is 0 Å². The lowest BCUT2D eigenvalue weighted by molar-refractivity contribution is 0.0707. The molecule has 3 aromatic carbocycles. The summed E-state index contributed by atoms with van der Waals surface area (Å²) >= 11 is 3.28. The fourth-order valence-electron chi connectivity index (χ4n) is 3.05. The van der Waals surface area contributed by atoms with Crippen LogP contribution in [0.4, 0.5) is 5.69 Å². The number of hydrogen-bond donors (Lipinski definition) is 4. The Hall–Kier alpha value is -3.52. The minimum absolute atomic E-state index is 0.0705. The predicted octanol–water partition coefficient (Wildman–Crippen LogP) is 3.86. The van der Waals surface area contributed by atoms with Gasteiger partial charge in [0.05, 0.1) is 16.1 Å². The highest BCUT2D eigenvalue weighted by atomic mass is 79.9. The summed E-state index contributed by atoms with van der Waals surface area (Å²) in [5.74, 6) is 5.03. The fourth-order valence-corrected chi connectivity index (χ4v) is 4.68. The van der Waals surface area contributed by atoms with Crippen LogP contribution in [0.2, 0.25) is 0 Å². The largest absolute Gasteiger partial charge is 0.508 e. The van der Waals surface area contributed by atoms with Crippen LogP contribution in [0.1, 0.15) is 21.5 Å². The SMILES string of the molecule is Cc1cc(Br)cc(C(=O)NO)c1NCS(=O)(=O)c1ccc(OCC#Cc2cccc(O)c2)cc1. The quantitative estimate of drug-likeness (QED) is 0.202. The average molecular weight is 545 g/mol. The van der Waals surface area contributed by atoms with E-state index in [4.69, 9.17) is 9.94 Å². The van der Waals surface area contributed by atoms with Crippen molar-refractivity contribution < 1.29 is 28.3 Å². The van der Waals surface area contributed by atoms with Gasteiger partial charge in [-0.05, 0) is 67.1 Å². The van der Waals surface area contributed by atoms with Crippen molar-refractivity contribution in [3.05, 3.63) is 81.8 Å². The molecule has 176 valence electrons.